The van der Waals surface area contributed by atoms with Crippen LogP contribution in [0.15, 0.2) is 36.4 Å². The lowest BCUT2D eigenvalue weighted by Gasteiger charge is -2.18. The van der Waals surface area contributed by atoms with Crippen molar-refractivity contribution in [2.45, 2.75) is 12.7 Å². The first-order valence-electron chi connectivity index (χ1n) is 6.01. The first-order valence-corrected chi connectivity index (χ1v) is 6.01. The van der Waals surface area contributed by atoms with E-state index in [0.717, 1.165) is 11.6 Å². The normalized spacial score (nSPS) is 11.0. The molecule has 108 valence electrons. The Kier molecular flexibility index (Phi) is 4.08. The number of alkyl halides is 3. The average molecular weight is 292 g/mol. The van der Waals surface area contributed by atoms with Gasteiger partial charge in [-0.1, -0.05) is 12.1 Å². The molecule has 0 fully saturated rings. The van der Waals surface area contributed by atoms with Crippen molar-refractivity contribution in [3.05, 3.63) is 53.2 Å². The fourth-order valence-electron chi connectivity index (χ4n) is 1.77. The molecule has 0 atom stereocenters. The van der Waals surface area contributed by atoms with Gasteiger partial charge in [0, 0.05) is 13.6 Å². The summed E-state index contributed by atoms with van der Waals surface area (Å²) in [5.74, 6) is 0.324. The summed E-state index contributed by atoms with van der Waals surface area (Å²) in [6.45, 7) is 0.412. The van der Waals surface area contributed by atoms with E-state index in [1.165, 1.54) is 6.07 Å². The van der Waals surface area contributed by atoms with Gasteiger partial charge in [0.2, 0.25) is 0 Å². The third-order valence-electron chi connectivity index (χ3n) is 2.81. The summed E-state index contributed by atoms with van der Waals surface area (Å²) < 4.78 is 37.2. The Bertz CT molecular complexity index is 659. The maximum absolute atomic E-state index is 12.4. The van der Waals surface area contributed by atoms with E-state index in [1.54, 1.807) is 30.1 Å². The van der Waals surface area contributed by atoms with Crippen LogP contribution in [0.25, 0.3) is 0 Å². The third kappa shape index (κ3) is 3.69. The fraction of sp³-hybridized carbons (Fsp3) is 0.214. The lowest BCUT2D eigenvalue weighted by Crippen LogP contribution is -2.19. The second-order valence-corrected chi connectivity index (χ2v) is 4.44. The maximum atomic E-state index is 12.4. The van der Waals surface area contributed by atoms with Crippen molar-refractivity contribution < 1.29 is 13.2 Å². The average Bonchev–Trinajstić information content (AvgIpc) is 2.46. The highest BCUT2D eigenvalue weighted by atomic mass is 19.4. The molecule has 2 aromatic rings. The molecule has 0 unspecified atom stereocenters. The Morgan fingerprint density at radius 1 is 1.19 bits per heavy atom. The van der Waals surface area contributed by atoms with Crippen molar-refractivity contribution in [1.29, 1.82) is 5.26 Å². The Morgan fingerprint density at radius 2 is 1.95 bits per heavy atom. The predicted octanol–water partition coefficient (Wildman–Crippen LogP) is 3.00. The van der Waals surface area contributed by atoms with Crippen LogP contribution in [0, 0.1) is 11.3 Å². The molecule has 0 aliphatic carbocycles. The second kappa shape index (κ2) is 5.79. The molecular weight excluding hydrogens is 281 g/mol. The second-order valence-electron chi connectivity index (χ2n) is 4.44. The van der Waals surface area contributed by atoms with Gasteiger partial charge in [-0.25, -0.2) is 0 Å². The predicted molar refractivity (Wildman–Crippen MR) is 70.3 cm³/mol. The van der Waals surface area contributed by atoms with Crippen molar-refractivity contribution in [3.8, 4) is 6.07 Å². The molecule has 0 aliphatic heterocycles. The van der Waals surface area contributed by atoms with E-state index in [2.05, 4.69) is 10.2 Å². The highest BCUT2D eigenvalue weighted by Crippen LogP contribution is 2.27. The van der Waals surface area contributed by atoms with E-state index in [1.807, 2.05) is 12.1 Å². The largest absolute Gasteiger partial charge is 0.435 e. The highest BCUT2D eigenvalue weighted by Gasteiger charge is 2.32. The SMILES string of the molecule is CN(Cc1cccc(C#N)c1)c1ccc(C(F)(F)F)nn1. The maximum Gasteiger partial charge on any atom is 0.435 e. The standard InChI is InChI=1S/C14H11F3N4/c1-21(9-11-4-2-3-10(7-11)8-18)13-6-5-12(19-20-13)14(15,16)17/h2-7H,9H2,1H3. The van der Waals surface area contributed by atoms with E-state index in [-0.39, 0.29) is 0 Å². The molecule has 2 rings (SSSR count). The molecule has 4 nitrogen and oxygen atoms in total. The van der Waals surface area contributed by atoms with Gasteiger partial charge in [-0.3, -0.25) is 0 Å². The van der Waals surface area contributed by atoms with Crippen LogP contribution in [0.5, 0.6) is 0 Å². The van der Waals surface area contributed by atoms with Crippen LogP contribution in [-0.2, 0) is 12.7 Å². The van der Waals surface area contributed by atoms with Crippen LogP contribution in [0.4, 0.5) is 19.0 Å². The molecule has 1 heterocycles. The topological polar surface area (TPSA) is 52.8 Å². The first-order chi connectivity index (χ1) is 9.90. The molecular formula is C14H11F3N4. The minimum atomic E-state index is -4.49. The molecule has 0 spiro atoms. The Balaban J connectivity index is 2.13. The fourth-order valence-corrected chi connectivity index (χ4v) is 1.77. The van der Waals surface area contributed by atoms with Gasteiger partial charge in [-0.15, -0.1) is 10.2 Å². The molecule has 0 radical (unpaired) electrons. The molecule has 0 saturated carbocycles. The number of hydrogen-bond donors (Lipinski definition) is 0. The van der Waals surface area contributed by atoms with Gasteiger partial charge in [0.05, 0.1) is 11.6 Å². The van der Waals surface area contributed by atoms with Crippen molar-refractivity contribution in [2.75, 3.05) is 11.9 Å². The number of nitrogens with zero attached hydrogens (tertiary/aromatic N) is 4. The number of anilines is 1. The van der Waals surface area contributed by atoms with Crippen molar-refractivity contribution in [3.63, 3.8) is 0 Å². The Morgan fingerprint density at radius 3 is 2.52 bits per heavy atom. The summed E-state index contributed by atoms with van der Waals surface area (Å²) in [7, 11) is 1.69. The van der Waals surface area contributed by atoms with Crippen LogP contribution in [0.3, 0.4) is 0 Å². The van der Waals surface area contributed by atoms with E-state index >= 15 is 0 Å². The Labute approximate surface area is 119 Å². The summed E-state index contributed by atoms with van der Waals surface area (Å²) in [6.07, 6.45) is -4.49. The van der Waals surface area contributed by atoms with Gasteiger partial charge < -0.3 is 4.90 Å². The zero-order valence-electron chi connectivity index (χ0n) is 11.1. The van der Waals surface area contributed by atoms with Crippen LogP contribution in [0.2, 0.25) is 0 Å². The summed E-state index contributed by atoms with van der Waals surface area (Å²) in [4.78, 5) is 1.66. The van der Waals surface area contributed by atoms with Crippen LogP contribution in [0.1, 0.15) is 16.8 Å². The van der Waals surface area contributed by atoms with E-state index in [0.29, 0.717) is 17.9 Å². The van der Waals surface area contributed by atoms with Crippen molar-refractivity contribution in [2.24, 2.45) is 0 Å². The van der Waals surface area contributed by atoms with E-state index in [4.69, 9.17) is 5.26 Å². The molecule has 1 aromatic carbocycles. The molecule has 0 N–H and O–H groups in total. The third-order valence-corrected chi connectivity index (χ3v) is 2.81. The first kappa shape index (κ1) is 14.8. The monoisotopic (exact) mass is 292 g/mol. The molecule has 7 heteroatoms. The Hall–Kier alpha value is -2.62. The highest BCUT2D eigenvalue weighted by molar-refractivity contribution is 5.40. The van der Waals surface area contributed by atoms with E-state index < -0.39 is 11.9 Å². The number of rotatable bonds is 3. The van der Waals surface area contributed by atoms with E-state index in [9.17, 15) is 13.2 Å². The zero-order valence-corrected chi connectivity index (χ0v) is 11.1. The van der Waals surface area contributed by atoms with Crippen LogP contribution in [-0.4, -0.2) is 17.2 Å². The summed E-state index contributed by atoms with van der Waals surface area (Å²) in [6, 6.07) is 11.2. The van der Waals surface area contributed by atoms with Gasteiger partial charge in [0.1, 0.15) is 0 Å². The van der Waals surface area contributed by atoms with Gasteiger partial charge in [-0.05, 0) is 29.8 Å². The van der Waals surface area contributed by atoms with Crippen molar-refractivity contribution in [1.82, 2.24) is 10.2 Å². The smallest absolute Gasteiger partial charge is 0.354 e. The summed E-state index contributed by atoms with van der Waals surface area (Å²) in [5, 5.41) is 15.6. The quantitative estimate of drug-likeness (QED) is 0.872. The number of nitriles is 1. The minimum Gasteiger partial charge on any atom is -0.354 e. The molecule has 0 amide bonds. The zero-order chi connectivity index (χ0) is 15.5. The summed E-state index contributed by atoms with van der Waals surface area (Å²) in [5.41, 5.74) is 0.365. The molecule has 1 aromatic heterocycles. The number of benzene rings is 1. The number of hydrogen-bond acceptors (Lipinski definition) is 4. The lowest BCUT2D eigenvalue weighted by atomic mass is 10.1. The van der Waals surface area contributed by atoms with Crippen LogP contribution >= 0.6 is 0 Å². The van der Waals surface area contributed by atoms with Gasteiger partial charge in [0.25, 0.3) is 0 Å². The molecule has 0 aliphatic rings. The van der Waals surface area contributed by atoms with Crippen LogP contribution < -0.4 is 4.90 Å². The molecule has 0 bridgehead atoms. The molecule has 21 heavy (non-hydrogen) atoms. The van der Waals surface area contributed by atoms with Crippen molar-refractivity contribution >= 4 is 5.82 Å². The summed E-state index contributed by atoms with van der Waals surface area (Å²) >= 11 is 0. The number of aromatic nitrogens is 2. The van der Waals surface area contributed by atoms with Gasteiger partial charge >= 0.3 is 6.18 Å². The van der Waals surface area contributed by atoms with Gasteiger partial charge in [-0.2, -0.15) is 18.4 Å². The lowest BCUT2D eigenvalue weighted by molar-refractivity contribution is -0.141. The molecule has 0 saturated heterocycles. The number of halogens is 3. The van der Waals surface area contributed by atoms with Gasteiger partial charge in [0.15, 0.2) is 11.5 Å². The minimum absolute atomic E-state index is 0.324.